The molecule has 174 valence electrons. The van der Waals surface area contributed by atoms with Gasteiger partial charge >= 0.3 is 5.97 Å². The number of ether oxygens (including phenoxy) is 2. The molecule has 5 nitrogen and oxygen atoms in total. The lowest BCUT2D eigenvalue weighted by atomic mass is 9.90. The molecule has 1 heterocycles. The van der Waals surface area contributed by atoms with E-state index in [2.05, 4.69) is 45.0 Å². The van der Waals surface area contributed by atoms with E-state index < -0.39 is 5.97 Å². The molecule has 0 fully saturated rings. The number of aromatic nitrogens is 1. The summed E-state index contributed by atoms with van der Waals surface area (Å²) in [6.45, 7) is 11.0. The van der Waals surface area contributed by atoms with Crippen molar-refractivity contribution in [3.63, 3.8) is 0 Å². The summed E-state index contributed by atoms with van der Waals surface area (Å²) in [6.07, 6.45) is 0.859. The van der Waals surface area contributed by atoms with Gasteiger partial charge in [-0.1, -0.05) is 55.3 Å². The van der Waals surface area contributed by atoms with Gasteiger partial charge in [0.15, 0.2) is 0 Å². The van der Waals surface area contributed by atoms with Crippen LogP contribution in [0.2, 0.25) is 0 Å². The Balaban J connectivity index is 2.12. The van der Waals surface area contributed by atoms with Crippen molar-refractivity contribution in [2.75, 3.05) is 7.11 Å². The number of nitrogens with zero attached hydrogens (tertiary/aromatic N) is 1. The average molecular weight is 447 g/mol. The van der Waals surface area contributed by atoms with E-state index in [0.717, 1.165) is 45.6 Å². The van der Waals surface area contributed by atoms with E-state index in [0.29, 0.717) is 23.8 Å². The normalized spacial score (nSPS) is 11.0. The minimum Gasteiger partial charge on any atom is -0.488 e. The molecule has 0 aliphatic carbocycles. The SMILES string of the molecule is COC(=O)c1cc(C)ccc1OCc1c(C)nc(CC(C)C)c(CN)c1-c1ccc(C)cc1. The van der Waals surface area contributed by atoms with Crippen LogP contribution in [0.4, 0.5) is 0 Å². The Labute approximate surface area is 197 Å². The molecule has 0 amide bonds. The largest absolute Gasteiger partial charge is 0.488 e. The van der Waals surface area contributed by atoms with Crippen molar-refractivity contribution < 1.29 is 14.3 Å². The number of esters is 1. The highest BCUT2D eigenvalue weighted by atomic mass is 16.5. The molecule has 0 unspecified atom stereocenters. The van der Waals surface area contributed by atoms with Gasteiger partial charge in [0.1, 0.15) is 17.9 Å². The number of rotatable bonds is 8. The van der Waals surface area contributed by atoms with E-state index in [9.17, 15) is 4.79 Å². The molecular weight excluding hydrogens is 412 g/mol. The fourth-order valence-electron chi connectivity index (χ4n) is 4.05. The van der Waals surface area contributed by atoms with Crippen LogP contribution in [-0.4, -0.2) is 18.1 Å². The fraction of sp³-hybridized carbons (Fsp3) is 0.357. The number of hydrogen-bond acceptors (Lipinski definition) is 5. The molecule has 0 bridgehead atoms. The van der Waals surface area contributed by atoms with Crippen LogP contribution in [-0.2, 0) is 24.3 Å². The smallest absolute Gasteiger partial charge is 0.341 e. The third kappa shape index (κ3) is 5.60. The van der Waals surface area contributed by atoms with Gasteiger partial charge < -0.3 is 15.2 Å². The third-order valence-electron chi connectivity index (χ3n) is 5.75. The highest BCUT2D eigenvalue weighted by Crippen LogP contribution is 2.34. The van der Waals surface area contributed by atoms with Crippen LogP contribution in [0.3, 0.4) is 0 Å². The second kappa shape index (κ2) is 10.6. The highest BCUT2D eigenvalue weighted by molar-refractivity contribution is 5.92. The quantitative estimate of drug-likeness (QED) is 0.450. The van der Waals surface area contributed by atoms with Crippen molar-refractivity contribution in [2.45, 2.75) is 54.2 Å². The van der Waals surface area contributed by atoms with Gasteiger partial charge in [0.25, 0.3) is 0 Å². The van der Waals surface area contributed by atoms with Crippen LogP contribution in [0.1, 0.15) is 57.8 Å². The standard InChI is InChI=1S/C28H34N2O3/c1-17(2)13-25-23(15-29)27(21-10-7-18(3)8-11-21)24(20(5)30-25)16-33-26-12-9-19(4)14-22(26)28(31)32-6/h7-12,14,17H,13,15-16,29H2,1-6H3. The Morgan fingerprint density at radius 3 is 2.27 bits per heavy atom. The van der Waals surface area contributed by atoms with Gasteiger partial charge in [0.05, 0.1) is 7.11 Å². The van der Waals surface area contributed by atoms with E-state index >= 15 is 0 Å². The first kappa shape index (κ1) is 24.5. The second-order valence-corrected chi connectivity index (χ2v) is 8.92. The van der Waals surface area contributed by atoms with Crippen molar-refractivity contribution in [3.8, 4) is 16.9 Å². The molecule has 0 saturated carbocycles. The maximum atomic E-state index is 12.3. The number of aryl methyl sites for hydroxylation is 3. The number of pyridine rings is 1. The first-order chi connectivity index (χ1) is 15.7. The van der Waals surface area contributed by atoms with Gasteiger partial charge in [-0.25, -0.2) is 4.79 Å². The molecule has 0 atom stereocenters. The summed E-state index contributed by atoms with van der Waals surface area (Å²) in [7, 11) is 1.37. The molecule has 0 saturated heterocycles. The van der Waals surface area contributed by atoms with Gasteiger partial charge in [-0.2, -0.15) is 0 Å². The maximum Gasteiger partial charge on any atom is 0.341 e. The Bertz CT molecular complexity index is 1130. The fourth-order valence-corrected chi connectivity index (χ4v) is 4.05. The molecule has 1 aromatic heterocycles. The monoisotopic (exact) mass is 446 g/mol. The number of benzene rings is 2. The molecule has 5 heteroatoms. The number of carbonyl (C=O) groups excluding carboxylic acids is 1. The van der Waals surface area contributed by atoms with Crippen LogP contribution in [0, 0.1) is 26.7 Å². The first-order valence-electron chi connectivity index (χ1n) is 11.3. The summed E-state index contributed by atoms with van der Waals surface area (Å²) in [5, 5.41) is 0. The summed E-state index contributed by atoms with van der Waals surface area (Å²) >= 11 is 0. The van der Waals surface area contributed by atoms with E-state index in [1.807, 2.05) is 26.0 Å². The van der Waals surface area contributed by atoms with Crippen LogP contribution in [0.5, 0.6) is 5.75 Å². The first-order valence-corrected chi connectivity index (χ1v) is 11.3. The molecule has 2 N–H and O–H groups in total. The minimum atomic E-state index is -0.419. The molecule has 3 rings (SSSR count). The summed E-state index contributed by atoms with van der Waals surface area (Å²) in [4.78, 5) is 17.2. The van der Waals surface area contributed by atoms with Gasteiger partial charge in [0, 0.05) is 23.5 Å². The lowest BCUT2D eigenvalue weighted by Gasteiger charge is -2.22. The summed E-state index contributed by atoms with van der Waals surface area (Å²) in [6, 6.07) is 14.0. The Kier molecular flexibility index (Phi) is 7.88. The predicted octanol–water partition coefficient (Wildman–Crippen LogP) is 5.70. The topological polar surface area (TPSA) is 74.4 Å². The molecule has 0 aliphatic heterocycles. The van der Waals surface area contributed by atoms with Crippen LogP contribution >= 0.6 is 0 Å². The lowest BCUT2D eigenvalue weighted by Crippen LogP contribution is -2.15. The number of methoxy groups -OCH3 is 1. The molecule has 0 radical (unpaired) electrons. The Hall–Kier alpha value is -3.18. The number of carbonyl (C=O) groups is 1. The zero-order valence-corrected chi connectivity index (χ0v) is 20.5. The summed E-state index contributed by atoms with van der Waals surface area (Å²) < 4.78 is 11.2. The maximum absolute atomic E-state index is 12.3. The summed E-state index contributed by atoms with van der Waals surface area (Å²) in [5.74, 6) is 0.532. The predicted molar refractivity (Wildman–Crippen MR) is 132 cm³/mol. The summed E-state index contributed by atoms with van der Waals surface area (Å²) in [5.41, 5.74) is 15.0. The average Bonchev–Trinajstić information content (AvgIpc) is 2.78. The van der Waals surface area contributed by atoms with Crippen molar-refractivity contribution in [1.29, 1.82) is 0 Å². The minimum absolute atomic E-state index is 0.268. The Morgan fingerprint density at radius 2 is 1.67 bits per heavy atom. The highest BCUT2D eigenvalue weighted by Gasteiger charge is 2.21. The van der Waals surface area contributed by atoms with E-state index in [4.69, 9.17) is 20.2 Å². The lowest BCUT2D eigenvalue weighted by molar-refractivity contribution is 0.0595. The molecule has 2 aromatic carbocycles. The van der Waals surface area contributed by atoms with Gasteiger partial charge in [-0.05, 0) is 61.9 Å². The van der Waals surface area contributed by atoms with Crippen molar-refractivity contribution in [2.24, 2.45) is 11.7 Å². The van der Waals surface area contributed by atoms with E-state index in [1.54, 1.807) is 6.07 Å². The van der Waals surface area contributed by atoms with Crippen LogP contribution in [0.15, 0.2) is 42.5 Å². The molecule has 0 spiro atoms. The van der Waals surface area contributed by atoms with Gasteiger partial charge in [0.2, 0.25) is 0 Å². The third-order valence-corrected chi connectivity index (χ3v) is 5.75. The van der Waals surface area contributed by atoms with E-state index in [-0.39, 0.29) is 6.61 Å². The number of nitrogens with two attached hydrogens (primary N) is 1. The second-order valence-electron chi connectivity index (χ2n) is 8.92. The molecule has 3 aromatic rings. The van der Waals surface area contributed by atoms with Crippen LogP contribution < -0.4 is 10.5 Å². The van der Waals surface area contributed by atoms with Crippen molar-refractivity contribution >= 4 is 5.97 Å². The number of hydrogen-bond donors (Lipinski definition) is 1. The van der Waals surface area contributed by atoms with Crippen LogP contribution in [0.25, 0.3) is 11.1 Å². The molecular formula is C28H34N2O3. The van der Waals surface area contributed by atoms with Gasteiger partial charge in [-0.3, -0.25) is 4.98 Å². The molecule has 33 heavy (non-hydrogen) atoms. The van der Waals surface area contributed by atoms with E-state index in [1.165, 1.54) is 12.7 Å². The zero-order chi connectivity index (χ0) is 24.1. The molecule has 0 aliphatic rings. The van der Waals surface area contributed by atoms with Crippen molar-refractivity contribution in [3.05, 3.63) is 81.7 Å². The van der Waals surface area contributed by atoms with Gasteiger partial charge in [-0.15, -0.1) is 0 Å². The van der Waals surface area contributed by atoms with Crippen molar-refractivity contribution in [1.82, 2.24) is 4.98 Å². The Morgan fingerprint density at radius 1 is 1.00 bits per heavy atom. The zero-order valence-electron chi connectivity index (χ0n) is 20.5.